The number of aryl methyl sites for hydroxylation is 1. The fourth-order valence-electron chi connectivity index (χ4n) is 1.69. The number of nitrogen functional groups attached to an aromatic ring is 1. The van der Waals surface area contributed by atoms with Crippen LogP contribution in [0.2, 0.25) is 0 Å². The quantitative estimate of drug-likeness (QED) is 0.838. The zero-order valence-corrected chi connectivity index (χ0v) is 11.6. The molecule has 0 atom stereocenters. The second kappa shape index (κ2) is 4.97. The average Bonchev–Trinajstić information content (AvgIpc) is 2.72. The Kier molecular flexibility index (Phi) is 3.53. The molecule has 0 spiro atoms. The van der Waals surface area contributed by atoms with Crippen LogP contribution < -0.4 is 11.1 Å². The van der Waals surface area contributed by atoms with Crippen LogP contribution in [0.25, 0.3) is 0 Å². The van der Waals surface area contributed by atoms with E-state index in [0.717, 1.165) is 17.8 Å². The molecule has 0 fully saturated rings. The van der Waals surface area contributed by atoms with Gasteiger partial charge in [-0.1, -0.05) is 0 Å². The maximum Gasteiger partial charge on any atom is 0.175 e. The summed E-state index contributed by atoms with van der Waals surface area (Å²) in [4.78, 5) is 0.212. The molecule has 2 aromatic rings. The van der Waals surface area contributed by atoms with Crippen molar-refractivity contribution in [2.45, 2.75) is 18.4 Å². The molecule has 3 N–H and O–H groups in total. The van der Waals surface area contributed by atoms with Crippen molar-refractivity contribution in [3.8, 4) is 0 Å². The highest BCUT2D eigenvalue weighted by molar-refractivity contribution is 7.90. The van der Waals surface area contributed by atoms with Gasteiger partial charge in [0.25, 0.3) is 0 Å². The molecule has 0 saturated heterocycles. The van der Waals surface area contributed by atoms with E-state index in [2.05, 4.69) is 5.32 Å². The number of anilines is 2. The maximum absolute atomic E-state index is 11.4. The van der Waals surface area contributed by atoms with Crippen molar-refractivity contribution in [1.82, 2.24) is 0 Å². The zero-order valence-electron chi connectivity index (χ0n) is 10.8. The SMILES string of the molecule is Cc1ccc(CNc2ccc(S(C)(=O)=O)cc2N)o1. The van der Waals surface area contributed by atoms with Crippen LogP contribution in [-0.4, -0.2) is 14.7 Å². The average molecular weight is 280 g/mol. The second-order valence-corrected chi connectivity index (χ2v) is 6.40. The summed E-state index contributed by atoms with van der Waals surface area (Å²) in [6, 6.07) is 8.39. The van der Waals surface area contributed by atoms with E-state index in [1.807, 2.05) is 19.1 Å². The highest BCUT2D eigenvalue weighted by Gasteiger charge is 2.09. The molecule has 102 valence electrons. The molecule has 2 rings (SSSR count). The minimum absolute atomic E-state index is 0.212. The molecule has 1 heterocycles. The van der Waals surface area contributed by atoms with Gasteiger partial charge in [-0.05, 0) is 37.3 Å². The lowest BCUT2D eigenvalue weighted by molar-refractivity contribution is 0.490. The van der Waals surface area contributed by atoms with Crippen molar-refractivity contribution >= 4 is 21.2 Å². The molecule has 1 aromatic carbocycles. The number of furan rings is 1. The standard InChI is InChI=1S/C13H16N2O3S/c1-9-3-4-10(18-9)8-15-13-6-5-11(7-12(13)14)19(2,16)17/h3-7,15H,8,14H2,1-2H3. The van der Waals surface area contributed by atoms with Crippen molar-refractivity contribution in [2.24, 2.45) is 0 Å². The third-order valence-electron chi connectivity index (χ3n) is 2.70. The van der Waals surface area contributed by atoms with Gasteiger partial charge in [0.15, 0.2) is 9.84 Å². The Labute approximate surface area is 112 Å². The lowest BCUT2D eigenvalue weighted by atomic mass is 10.2. The minimum Gasteiger partial charge on any atom is -0.465 e. The Balaban J connectivity index is 2.14. The van der Waals surface area contributed by atoms with E-state index in [1.165, 1.54) is 12.1 Å². The normalized spacial score (nSPS) is 11.5. The molecule has 0 aliphatic heterocycles. The number of sulfone groups is 1. The maximum atomic E-state index is 11.4. The van der Waals surface area contributed by atoms with Crippen molar-refractivity contribution in [2.75, 3.05) is 17.3 Å². The first-order valence-electron chi connectivity index (χ1n) is 5.75. The van der Waals surface area contributed by atoms with Gasteiger partial charge in [-0.2, -0.15) is 0 Å². The first kappa shape index (κ1) is 13.5. The number of rotatable bonds is 4. The van der Waals surface area contributed by atoms with E-state index in [-0.39, 0.29) is 4.90 Å². The summed E-state index contributed by atoms with van der Waals surface area (Å²) in [6.07, 6.45) is 1.15. The molecule has 19 heavy (non-hydrogen) atoms. The molecule has 5 nitrogen and oxygen atoms in total. The molecule has 0 unspecified atom stereocenters. The molecule has 0 aliphatic carbocycles. The van der Waals surface area contributed by atoms with E-state index in [9.17, 15) is 8.42 Å². The van der Waals surface area contributed by atoms with Crippen molar-refractivity contribution in [1.29, 1.82) is 0 Å². The van der Waals surface area contributed by atoms with E-state index < -0.39 is 9.84 Å². The molecule has 0 bridgehead atoms. The second-order valence-electron chi connectivity index (χ2n) is 4.39. The Morgan fingerprint density at radius 1 is 1.26 bits per heavy atom. The third kappa shape index (κ3) is 3.29. The predicted molar refractivity (Wildman–Crippen MR) is 74.7 cm³/mol. The Hall–Kier alpha value is -1.95. The molecule has 0 saturated carbocycles. The number of benzene rings is 1. The van der Waals surface area contributed by atoms with Gasteiger partial charge in [0, 0.05) is 6.26 Å². The van der Waals surface area contributed by atoms with Crippen LogP contribution in [0.3, 0.4) is 0 Å². The number of nitrogens with one attached hydrogen (secondary N) is 1. The summed E-state index contributed by atoms with van der Waals surface area (Å²) in [5.41, 5.74) is 6.91. The van der Waals surface area contributed by atoms with Crippen molar-refractivity contribution in [3.05, 3.63) is 41.9 Å². The minimum atomic E-state index is -3.23. The summed E-state index contributed by atoms with van der Waals surface area (Å²) in [6.45, 7) is 2.37. The molecule has 1 aromatic heterocycles. The molecular weight excluding hydrogens is 264 g/mol. The lowest BCUT2D eigenvalue weighted by Crippen LogP contribution is -2.04. The highest BCUT2D eigenvalue weighted by Crippen LogP contribution is 2.23. The van der Waals surface area contributed by atoms with Gasteiger partial charge < -0.3 is 15.5 Å². The van der Waals surface area contributed by atoms with E-state index in [0.29, 0.717) is 17.9 Å². The summed E-state index contributed by atoms with van der Waals surface area (Å²) in [5.74, 6) is 1.64. The lowest BCUT2D eigenvalue weighted by Gasteiger charge is -2.09. The Morgan fingerprint density at radius 3 is 2.53 bits per heavy atom. The number of hydrogen-bond acceptors (Lipinski definition) is 5. The third-order valence-corrected chi connectivity index (χ3v) is 3.81. The first-order valence-corrected chi connectivity index (χ1v) is 7.64. The molecule has 0 aliphatic rings. The molecule has 0 amide bonds. The van der Waals surface area contributed by atoms with Crippen molar-refractivity contribution < 1.29 is 12.8 Å². The molecular formula is C13H16N2O3S. The summed E-state index contributed by atoms with van der Waals surface area (Å²) in [5, 5.41) is 3.11. The van der Waals surface area contributed by atoms with Crippen molar-refractivity contribution in [3.63, 3.8) is 0 Å². The highest BCUT2D eigenvalue weighted by atomic mass is 32.2. The first-order chi connectivity index (χ1) is 8.86. The molecule has 0 radical (unpaired) electrons. The summed E-state index contributed by atoms with van der Waals surface area (Å²) in [7, 11) is -3.23. The fourth-order valence-corrected chi connectivity index (χ4v) is 2.35. The number of hydrogen-bond donors (Lipinski definition) is 2. The van der Waals surface area contributed by atoms with Crippen LogP contribution in [0, 0.1) is 6.92 Å². The van der Waals surface area contributed by atoms with Crippen LogP contribution in [-0.2, 0) is 16.4 Å². The Bertz CT molecular complexity index is 690. The van der Waals surface area contributed by atoms with Gasteiger partial charge in [0.1, 0.15) is 11.5 Å². The topological polar surface area (TPSA) is 85.3 Å². The van der Waals surface area contributed by atoms with Crippen LogP contribution in [0.5, 0.6) is 0 Å². The van der Waals surface area contributed by atoms with Crippen LogP contribution in [0.15, 0.2) is 39.6 Å². The van der Waals surface area contributed by atoms with E-state index in [4.69, 9.17) is 10.2 Å². The van der Waals surface area contributed by atoms with Crippen LogP contribution >= 0.6 is 0 Å². The van der Waals surface area contributed by atoms with Crippen LogP contribution in [0.4, 0.5) is 11.4 Å². The Morgan fingerprint density at radius 2 is 2.00 bits per heavy atom. The van der Waals surface area contributed by atoms with Crippen LogP contribution in [0.1, 0.15) is 11.5 Å². The van der Waals surface area contributed by atoms with Gasteiger partial charge in [0.2, 0.25) is 0 Å². The zero-order chi connectivity index (χ0) is 14.0. The largest absolute Gasteiger partial charge is 0.465 e. The summed E-state index contributed by atoms with van der Waals surface area (Å²) >= 11 is 0. The van der Waals surface area contributed by atoms with Gasteiger partial charge >= 0.3 is 0 Å². The van der Waals surface area contributed by atoms with Gasteiger partial charge in [-0.3, -0.25) is 0 Å². The monoisotopic (exact) mass is 280 g/mol. The van der Waals surface area contributed by atoms with Gasteiger partial charge in [-0.25, -0.2) is 8.42 Å². The van der Waals surface area contributed by atoms with Gasteiger partial charge in [0.05, 0.1) is 22.8 Å². The fraction of sp³-hybridized carbons (Fsp3) is 0.231. The number of nitrogens with two attached hydrogens (primary N) is 1. The smallest absolute Gasteiger partial charge is 0.175 e. The van der Waals surface area contributed by atoms with E-state index >= 15 is 0 Å². The van der Waals surface area contributed by atoms with Gasteiger partial charge in [-0.15, -0.1) is 0 Å². The van der Waals surface area contributed by atoms with E-state index in [1.54, 1.807) is 6.07 Å². The summed E-state index contributed by atoms with van der Waals surface area (Å²) < 4.78 is 28.2. The molecule has 6 heteroatoms. The predicted octanol–water partition coefficient (Wildman–Crippen LogP) is 2.19.